The van der Waals surface area contributed by atoms with E-state index in [4.69, 9.17) is 5.11 Å². The average molecular weight is 288 g/mol. The van der Waals surface area contributed by atoms with Gasteiger partial charge in [0.1, 0.15) is 0 Å². The summed E-state index contributed by atoms with van der Waals surface area (Å²) in [6.07, 6.45) is 2.08. The lowest BCUT2D eigenvalue weighted by Gasteiger charge is -2.21. The Hall–Kier alpha value is -1.55. The van der Waals surface area contributed by atoms with Gasteiger partial charge in [0.15, 0.2) is 0 Å². The Balaban J connectivity index is 1.51. The molecule has 0 heterocycles. The van der Waals surface area contributed by atoms with Crippen LogP contribution >= 0.6 is 0 Å². The molecule has 21 heavy (non-hydrogen) atoms. The average Bonchev–Trinajstić information content (AvgIpc) is 3.03. The predicted octanol–water partition coefficient (Wildman–Crippen LogP) is 1.99. The molecule has 4 heteroatoms. The third-order valence-electron chi connectivity index (χ3n) is 4.84. The Bertz CT molecular complexity index is 511. The molecule has 1 saturated carbocycles. The summed E-state index contributed by atoms with van der Waals surface area (Å²) in [6, 6.07) is 8.64. The highest BCUT2D eigenvalue weighted by atomic mass is 16.3. The maximum atomic E-state index is 12.1. The van der Waals surface area contributed by atoms with Gasteiger partial charge in [-0.3, -0.25) is 0 Å². The summed E-state index contributed by atoms with van der Waals surface area (Å²) >= 11 is 0. The highest BCUT2D eigenvalue weighted by molar-refractivity contribution is 5.74. The lowest BCUT2D eigenvalue weighted by molar-refractivity contribution is 0.177. The van der Waals surface area contributed by atoms with Crippen LogP contribution in [0.2, 0.25) is 0 Å². The van der Waals surface area contributed by atoms with Gasteiger partial charge in [0, 0.05) is 19.6 Å². The van der Waals surface area contributed by atoms with Crippen LogP contribution < -0.4 is 5.32 Å². The summed E-state index contributed by atoms with van der Waals surface area (Å²) < 4.78 is 0. The van der Waals surface area contributed by atoms with E-state index in [1.165, 1.54) is 11.1 Å². The molecule has 0 aromatic heterocycles. The van der Waals surface area contributed by atoms with Crippen LogP contribution in [0.1, 0.15) is 30.4 Å². The number of urea groups is 1. The summed E-state index contributed by atoms with van der Waals surface area (Å²) in [5, 5.41) is 12.1. The number of benzene rings is 1. The molecule has 114 valence electrons. The van der Waals surface area contributed by atoms with E-state index in [1.54, 1.807) is 4.90 Å². The second kappa shape index (κ2) is 6.06. The van der Waals surface area contributed by atoms with E-state index in [2.05, 4.69) is 29.6 Å². The molecule has 0 aliphatic heterocycles. The van der Waals surface area contributed by atoms with Gasteiger partial charge in [-0.2, -0.15) is 0 Å². The molecule has 0 bridgehead atoms. The Kier molecular flexibility index (Phi) is 4.15. The zero-order valence-electron chi connectivity index (χ0n) is 12.6. The van der Waals surface area contributed by atoms with Crippen LogP contribution in [0, 0.1) is 11.8 Å². The van der Waals surface area contributed by atoms with Gasteiger partial charge in [-0.15, -0.1) is 0 Å². The standard InChI is InChI=1S/C17H24N2O2/c1-2-7-19(8-9-20)17(21)18-11-15-14-10-12-5-3-4-6-13(12)16(14)15/h3-6,14-16,20H,2,7-11H2,1H3,(H,18,21). The van der Waals surface area contributed by atoms with Crippen molar-refractivity contribution in [2.24, 2.45) is 11.8 Å². The summed E-state index contributed by atoms with van der Waals surface area (Å²) in [5.41, 5.74) is 2.98. The summed E-state index contributed by atoms with van der Waals surface area (Å²) in [7, 11) is 0. The van der Waals surface area contributed by atoms with Crippen LogP contribution in [-0.2, 0) is 6.42 Å². The number of nitrogens with zero attached hydrogens (tertiary/aromatic N) is 1. The van der Waals surface area contributed by atoms with Crippen molar-refractivity contribution in [3.63, 3.8) is 0 Å². The minimum atomic E-state index is -0.0378. The molecule has 1 fully saturated rings. The first-order chi connectivity index (χ1) is 10.3. The topological polar surface area (TPSA) is 52.6 Å². The van der Waals surface area contributed by atoms with Gasteiger partial charge in [-0.1, -0.05) is 31.2 Å². The monoisotopic (exact) mass is 288 g/mol. The summed E-state index contributed by atoms with van der Waals surface area (Å²) in [4.78, 5) is 13.8. The van der Waals surface area contributed by atoms with E-state index < -0.39 is 0 Å². The van der Waals surface area contributed by atoms with Crippen LogP contribution in [0.25, 0.3) is 0 Å². The van der Waals surface area contributed by atoms with Crippen molar-refractivity contribution < 1.29 is 9.90 Å². The van der Waals surface area contributed by atoms with Crippen molar-refractivity contribution in [2.45, 2.75) is 25.7 Å². The number of fused-ring (bicyclic) bond motifs is 3. The number of carbonyl (C=O) groups excluding carboxylic acids is 1. The van der Waals surface area contributed by atoms with Crippen molar-refractivity contribution in [2.75, 3.05) is 26.2 Å². The maximum absolute atomic E-state index is 12.1. The Morgan fingerprint density at radius 3 is 2.95 bits per heavy atom. The van der Waals surface area contributed by atoms with Gasteiger partial charge in [-0.05, 0) is 41.7 Å². The molecule has 2 aliphatic carbocycles. The predicted molar refractivity (Wildman–Crippen MR) is 82.2 cm³/mol. The molecule has 0 spiro atoms. The highest BCUT2D eigenvalue weighted by Gasteiger charge is 2.55. The fraction of sp³-hybridized carbons (Fsp3) is 0.588. The molecule has 4 nitrogen and oxygen atoms in total. The molecule has 1 aromatic rings. The lowest BCUT2D eigenvalue weighted by atomic mass is 10.0. The third-order valence-corrected chi connectivity index (χ3v) is 4.84. The molecular weight excluding hydrogens is 264 g/mol. The largest absolute Gasteiger partial charge is 0.395 e. The second-order valence-corrected chi connectivity index (χ2v) is 6.15. The second-order valence-electron chi connectivity index (χ2n) is 6.15. The highest BCUT2D eigenvalue weighted by Crippen LogP contribution is 2.60. The number of hydrogen-bond acceptors (Lipinski definition) is 2. The summed E-state index contributed by atoms with van der Waals surface area (Å²) in [5.74, 6) is 1.97. The molecular formula is C17H24N2O2. The quantitative estimate of drug-likeness (QED) is 0.841. The number of rotatable bonds is 6. The molecule has 0 radical (unpaired) electrons. The first kappa shape index (κ1) is 14.4. The van der Waals surface area contributed by atoms with Gasteiger partial charge in [0.05, 0.1) is 6.61 Å². The zero-order chi connectivity index (χ0) is 14.8. The first-order valence-corrected chi connectivity index (χ1v) is 7.97. The van der Waals surface area contributed by atoms with Crippen molar-refractivity contribution in [1.82, 2.24) is 10.2 Å². The molecule has 2 amide bonds. The van der Waals surface area contributed by atoms with Crippen molar-refractivity contribution in [3.8, 4) is 0 Å². The van der Waals surface area contributed by atoms with Crippen LogP contribution in [0.5, 0.6) is 0 Å². The number of aliphatic hydroxyl groups excluding tert-OH is 1. The molecule has 3 unspecified atom stereocenters. The van der Waals surface area contributed by atoms with Crippen molar-refractivity contribution >= 4 is 6.03 Å². The van der Waals surface area contributed by atoms with Gasteiger partial charge in [0.25, 0.3) is 0 Å². The number of amides is 2. The zero-order valence-corrected chi connectivity index (χ0v) is 12.6. The van der Waals surface area contributed by atoms with Crippen molar-refractivity contribution in [1.29, 1.82) is 0 Å². The van der Waals surface area contributed by atoms with Gasteiger partial charge in [0.2, 0.25) is 0 Å². The van der Waals surface area contributed by atoms with Crippen LogP contribution in [0.15, 0.2) is 24.3 Å². The van der Waals surface area contributed by atoms with Gasteiger partial charge < -0.3 is 15.3 Å². The normalized spacial score (nSPS) is 25.1. The molecule has 3 atom stereocenters. The van der Waals surface area contributed by atoms with Crippen LogP contribution in [0.4, 0.5) is 4.79 Å². The fourth-order valence-electron chi connectivity index (χ4n) is 3.78. The Labute approximate surface area is 126 Å². The van der Waals surface area contributed by atoms with Crippen LogP contribution in [0.3, 0.4) is 0 Å². The van der Waals surface area contributed by atoms with Gasteiger partial charge >= 0.3 is 6.03 Å². The van der Waals surface area contributed by atoms with E-state index in [1.807, 2.05) is 6.92 Å². The Morgan fingerprint density at radius 1 is 1.38 bits per heavy atom. The number of nitrogens with one attached hydrogen (secondary N) is 1. The lowest BCUT2D eigenvalue weighted by Crippen LogP contribution is -2.42. The minimum Gasteiger partial charge on any atom is -0.395 e. The fourth-order valence-corrected chi connectivity index (χ4v) is 3.78. The molecule has 1 aromatic carbocycles. The van der Waals surface area contributed by atoms with E-state index >= 15 is 0 Å². The van der Waals surface area contributed by atoms with Crippen LogP contribution in [-0.4, -0.2) is 42.3 Å². The summed E-state index contributed by atoms with van der Waals surface area (Å²) in [6.45, 7) is 3.94. The van der Waals surface area contributed by atoms with Gasteiger partial charge in [-0.25, -0.2) is 4.79 Å². The third kappa shape index (κ3) is 2.77. The molecule has 0 saturated heterocycles. The molecule has 3 rings (SSSR count). The number of carbonyl (C=O) groups is 1. The SMILES string of the molecule is CCCN(CCO)C(=O)NCC1C2Cc3ccccc3C12. The smallest absolute Gasteiger partial charge is 0.317 e. The van der Waals surface area contributed by atoms with E-state index in [-0.39, 0.29) is 12.6 Å². The first-order valence-electron chi connectivity index (χ1n) is 7.97. The van der Waals surface area contributed by atoms with E-state index in [0.29, 0.717) is 24.9 Å². The molecule has 2 N–H and O–H groups in total. The van der Waals surface area contributed by atoms with E-state index in [0.717, 1.165) is 25.3 Å². The van der Waals surface area contributed by atoms with Crippen molar-refractivity contribution in [3.05, 3.63) is 35.4 Å². The maximum Gasteiger partial charge on any atom is 0.317 e. The number of hydrogen-bond donors (Lipinski definition) is 2. The Morgan fingerprint density at radius 2 is 2.19 bits per heavy atom. The minimum absolute atomic E-state index is 0.0233. The van der Waals surface area contributed by atoms with E-state index in [9.17, 15) is 4.79 Å². The number of aliphatic hydroxyl groups is 1. The molecule has 2 aliphatic rings.